The zero-order chi connectivity index (χ0) is 14.0. The van der Waals surface area contributed by atoms with Crippen molar-refractivity contribution in [2.45, 2.75) is 39.7 Å². The van der Waals surface area contributed by atoms with Crippen molar-refractivity contribution >= 4 is 17.4 Å². The molecule has 0 saturated carbocycles. The molecule has 2 aromatic heterocycles. The summed E-state index contributed by atoms with van der Waals surface area (Å²) < 4.78 is 9.19. The molecule has 0 saturated heterocycles. The molecule has 2 rings (SSSR count). The third-order valence-corrected chi connectivity index (χ3v) is 3.95. The van der Waals surface area contributed by atoms with Gasteiger partial charge in [0.15, 0.2) is 5.82 Å². The largest absolute Gasteiger partial charge is 0.337 e. The molecule has 1 amide bonds. The summed E-state index contributed by atoms with van der Waals surface area (Å²) in [5.74, 6) is 0.807. The minimum absolute atomic E-state index is 0.166. The fourth-order valence-electron chi connectivity index (χ4n) is 1.63. The average Bonchev–Trinajstić information content (AvgIpc) is 2.98. The molecule has 0 aliphatic rings. The zero-order valence-corrected chi connectivity index (χ0v) is 12.2. The van der Waals surface area contributed by atoms with Crippen molar-refractivity contribution < 1.29 is 9.32 Å². The van der Waals surface area contributed by atoms with E-state index in [4.69, 9.17) is 4.52 Å². The second kappa shape index (κ2) is 5.08. The van der Waals surface area contributed by atoms with E-state index in [-0.39, 0.29) is 5.91 Å². The van der Waals surface area contributed by atoms with E-state index < -0.39 is 5.54 Å². The highest BCUT2D eigenvalue weighted by Crippen LogP contribution is 2.24. The molecule has 0 aliphatic carbocycles. The molecule has 0 radical (unpaired) electrons. The monoisotopic (exact) mass is 280 g/mol. The average molecular weight is 280 g/mol. The van der Waals surface area contributed by atoms with Gasteiger partial charge in [0.05, 0.1) is 0 Å². The van der Waals surface area contributed by atoms with Gasteiger partial charge in [-0.15, -0.1) is 0 Å². The van der Waals surface area contributed by atoms with Gasteiger partial charge in [0.1, 0.15) is 10.4 Å². The number of carbonyl (C=O) groups is 1. The van der Waals surface area contributed by atoms with Gasteiger partial charge in [0.25, 0.3) is 11.8 Å². The van der Waals surface area contributed by atoms with Crippen LogP contribution in [0.4, 0.5) is 0 Å². The number of nitrogens with zero attached hydrogens (tertiary/aromatic N) is 3. The molecule has 1 atom stereocenters. The van der Waals surface area contributed by atoms with E-state index >= 15 is 0 Å². The number of nitrogens with one attached hydrogen (secondary N) is 1. The van der Waals surface area contributed by atoms with Crippen molar-refractivity contribution in [1.82, 2.24) is 19.8 Å². The number of aryl methyl sites for hydroxylation is 2. The molecule has 0 fully saturated rings. The van der Waals surface area contributed by atoms with Crippen molar-refractivity contribution in [3.05, 3.63) is 28.4 Å². The molecule has 6 nitrogen and oxygen atoms in total. The van der Waals surface area contributed by atoms with Crippen molar-refractivity contribution in [3.63, 3.8) is 0 Å². The summed E-state index contributed by atoms with van der Waals surface area (Å²) >= 11 is 1.18. The highest BCUT2D eigenvalue weighted by atomic mass is 32.1. The lowest BCUT2D eigenvalue weighted by Gasteiger charge is -2.25. The number of rotatable bonds is 4. The molecule has 102 valence electrons. The second-order valence-corrected chi connectivity index (χ2v) is 5.43. The Kier molecular flexibility index (Phi) is 3.66. The number of carbonyl (C=O) groups excluding carboxylic acids is 1. The van der Waals surface area contributed by atoms with Crippen LogP contribution < -0.4 is 5.32 Å². The van der Waals surface area contributed by atoms with Gasteiger partial charge < -0.3 is 9.84 Å². The topological polar surface area (TPSA) is 80.9 Å². The van der Waals surface area contributed by atoms with Crippen LogP contribution in [0.2, 0.25) is 0 Å². The molecule has 0 bridgehead atoms. The van der Waals surface area contributed by atoms with Gasteiger partial charge >= 0.3 is 0 Å². The third kappa shape index (κ3) is 2.65. The molecule has 19 heavy (non-hydrogen) atoms. The number of hydrogen-bond acceptors (Lipinski definition) is 6. The van der Waals surface area contributed by atoms with Crippen LogP contribution in [0, 0.1) is 13.8 Å². The number of aromatic nitrogens is 3. The summed E-state index contributed by atoms with van der Waals surface area (Å²) in [5, 5.41) is 6.72. The normalized spacial score (nSPS) is 14.1. The number of amides is 1. The quantitative estimate of drug-likeness (QED) is 0.928. The Balaban J connectivity index is 2.24. The highest BCUT2D eigenvalue weighted by Gasteiger charge is 2.33. The summed E-state index contributed by atoms with van der Waals surface area (Å²) in [6.07, 6.45) is 2.33. The van der Waals surface area contributed by atoms with Crippen LogP contribution in [0.15, 0.2) is 10.7 Å². The Bertz CT molecular complexity index is 592. The van der Waals surface area contributed by atoms with Gasteiger partial charge in [-0.25, -0.2) is 4.37 Å². The molecular formula is C12H16N4O2S. The molecular weight excluding hydrogens is 264 g/mol. The third-order valence-electron chi connectivity index (χ3n) is 3.05. The second-order valence-electron chi connectivity index (χ2n) is 4.62. The standard InChI is InChI=1S/C12H16N4O2S/c1-5-12(4,11-14-8(3)16-18-11)15-10(17)9-7(2)6-13-19-9/h6H,5H2,1-4H3,(H,15,17). The molecule has 1 unspecified atom stereocenters. The van der Waals surface area contributed by atoms with Gasteiger partial charge in [-0.05, 0) is 44.3 Å². The molecule has 0 aliphatic heterocycles. The smallest absolute Gasteiger partial charge is 0.264 e. The highest BCUT2D eigenvalue weighted by molar-refractivity contribution is 7.08. The van der Waals surface area contributed by atoms with Gasteiger partial charge in [0.2, 0.25) is 0 Å². The maximum atomic E-state index is 12.3. The number of hydrogen-bond donors (Lipinski definition) is 1. The molecule has 0 aromatic carbocycles. The predicted octanol–water partition coefficient (Wildman–Crippen LogP) is 2.20. The molecule has 0 spiro atoms. The Labute approximate surface area is 115 Å². The van der Waals surface area contributed by atoms with Crippen LogP contribution in [0.5, 0.6) is 0 Å². The molecule has 1 N–H and O–H groups in total. The summed E-state index contributed by atoms with van der Waals surface area (Å²) in [6.45, 7) is 7.43. The predicted molar refractivity (Wildman–Crippen MR) is 71.0 cm³/mol. The summed E-state index contributed by atoms with van der Waals surface area (Å²) in [4.78, 5) is 17.1. The summed E-state index contributed by atoms with van der Waals surface area (Å²) in [7, 11) is 0. The van der Waals surface area contributed by atoms with E-state index in [0.717, 1.165) is 5.56 Å². The van der Waals surface area contributed by atoms with Gasteiger partial charge in [-0.3, -0.25) is 4.79 Å². The van der Waals surface area contributed by atoms with Crippen molar-refractivity contribution in [2.75, 3.05) is 0 Å². The van der Waals surface area contributed by atoms with Crippen LogP contribution in [0.3, 0.4) is 0 Å². The first kappa shape index (κ1) is 13.7. The summed E-state index contributed by atoms with van der Waals surface area (Å²) in [6, 6.07) is 0. The van der Waals surface area contributed by atoms with E-state index in [1.165, 1.54) is 11.5 Å². The minimum atomic E-state index is -0.672. The van der Waals surface area contributed by atoms with Gasteiger partial charge in [0, 0.05) is 6.20 Å². The van der Waals surface area contributed by atoms with Crippen molar-refractivity contribution in [2.24, 2.45) is 0 Å². The Hall–Kier alpha value is -1.76. The van der Waals surface area contributed by atoms with Crippen LogP contribution in [0.25, 0.3) is 0 Å². The minimum Gasteiger partial charge on any atom is -0.337 e. The van der Waals surface area contributed by atoms with E-state index in [2.05, 4.69) is 19.8 Å². The molecule has 2 heterocycles. The fraction of sp³-hybridized carbons (Fsp3) is 0.500. The van der Waals surface area contributed by atoms with E-state index in [1.54, 1.807) is 13.1 Å². The van der Waals surface area contributed by atoms with Crippen LogP contribution in [0.1, 0.15) is 47.2 Å². The Morgan fingerprint density at radius 2 is 2.26 bits per heavy atom. The maximum Gasteiger partial charge on any atom is 0.264 e. The first-order chi connectivity index (χ1) is 8.96. The fourth-order valence-corrected chi connectivity index (χ4v) is 2.28. The van der Waals surface area contributed by atoms with Crippen LogP contribution in [-0.2, 0) is 5.54 Å². The lowest BCUT2D eigenvalue weighted by Crippen LogP contribution is -2.43. The zero-order valence-electron chi connectivity index (χ0n) is 11.4. The molecule has 7 heteroatoms. The van der Waals surface area contributed by atoms with Gasteiger partial charge in [-0.1, -0.05) is 12.1 Å². The molecule has 2 aromatic rings. The lowest BCUT2D eigenvalue weighted by molar-refractivity contribution is 0.0884. The lowest BCUT2D eigenvalue weighted by atomic mass is 9.98. The van der Waals surface area contributed by atoms with E-state index in [9.17, 15) is 4.79 Å². The van der Waals surface area contributed by atoms with E-state index in [1.807, 2.05) is 20.8 Å². The van der Waals surface area contributed by atoms with Gasteiger partial charge in [-0.2, -0.15) is 4.98 Å². The maximum absolute atomic E-state index is 12.3. The van der Waals surface area contributed by atoms with Crippen molar-refractivity contribution in [3.8, 4) is 0 Å². The SMILES string of the molecule is CCC(C)(NC(=O)c1sncc1C)c1nc(C)no1. The first-order valence-corrected chi connectivity index (χ1v) is 6.78. The van der Waals surface area contributed by atoms with E-state index in [0.29, 0.717) is 23.0 Å². The van der Waals surface area contributed by atoms with Crippen LogP contribution in [-0.4, -0.2) is 20.4 Å². The Morgan fingerprint density at radius 3 is 2.74 bits per heavy atom. The van der Waals surface area contributed by atoms with Crippen LogP contribution >= 0.6 is 11.5 Å². The summed E-state index contributed by atoms with van der Waals surface area (Å²) in [5.41, 5.74) is 0.192. The first-order valence-electron chi connectivity index (χ1n) is 6.01. The Morgan fingerprint density at radius 1 is 1.53 bits per heavy atom. The van der Waals surface area contributed by atoms with Crippen molar-refractivity contribution in [1.29, 1.82) is 0 Å².